The van der Waals surface area contributed by atoms with Crippen LogP contribution in [0.4, 0.5) is 10.8 Å². The van der Waals surface area contributed by atoms with Crippen LogP contribution in [0.25, 0.3) is 5.69 Å². The predicted octanol–water partition coefficient (Wildman–Crippen LogP) is 1.94. The van der Waals surface area contributed by atoms with E-state index in [9.17, 15) is 13.2 Å². The number of thiazole rings is 1. The summed E-state index contributed by atoms with van der Waals surface area (Å²) in [5.41, 5.74) is 1.19. The van der Waals surface area contributed by atoms with E-state index in [1.165, 1.54) is 52.8 Å². The second-order valence-electron chi connectivity index (χ2n) is 6.05. The molecular formula is C18H15N7O4S2. The van der Waals surface area contributed by atoms with Gasteiger partial charge in [0, 0.05) is 17.3 Å². The van der Waals surface area contributed by atoms with Gasteiger partial charge in [-0.15, -0.1) is 16.4 Å². The fourth-order valence-electron chi connectivity index (χ4n) is 2.49. The Morgan fingerprint density at radius 1 is 1.10 bits per heavy atom. The van der Waals surface area contributed by atoms with Crippen LogP contribution in [0.1, 0.15) is 0 Å². The van der Waals surface area contributed by atoms with Crippen molar-refractivity contribution in [3.63, 3.8) is 0 Å². The van der Waals surface area contributed by atoms with E-state index in [0.717, 1.165) is 5.69 Å². The van der Waals surface area contributed by atoms with Crippen LogP contribution < -0.4 is 14.8 Å². The molecule has 0 aliphatic rings. The Hall–Kier alpha value is -3.84. The maximum absolute atomic E-state index is 12.3. The van der Waals surface area contributed by atoms with E-state index >= 15 is 0 Å². The summed E-state index contributed by atoms with van der Waals surface area (Å²) in [5.74, 6) is 0.114. The number of ether oxygens (including phenoxy) is 1. The fourth-order valence-corrected chi connectivity index (χ4v) is 4.27. The van der Waals surface area contributed by atoms with Crippen LogP contribution in [0.2, 0.25) is 0 Å². The van der Waals surface area contributed by atoms with Gasteiger partial charge in [0.2, 0.25) is 0 Å². The second kappa shape index (κ2) is 8.89. The summed E-state index contributed by atoms with van der Waals surface area (Å²) in [6, 6.07) is 12.7. The van der Waals surface area contributed by atoms with Crippen LogP contribution in [-0.4, -0.2) is 46.1 Å². The molecule has 0 atom stereocenters. The van der Waals surface area contributed by atoms with Crippen LogP contribution in [0.5, 0.6) is 5.75 Å². The predicted molar refractivity (Wildman–Crippen MR) is 113 cm³/mol. The zero-order chi connectivity index (χ0) is 21.7. The standard InChI is InChI=1S/C18H15N7O4S2/c26-17(11-29-15-5-3-14(4-6-15)25-12-20-23-24-25)21-13-1-7-16(8-2-13)31(27,28)22-18-19-9-10-30-18/h1-10,12H,11H2,(H,19,22)(H,21,26). The molecule has 11 nitrogen and oxygen atoms in total. The van der Waals surface area contributed by atoms with Gasteiger partial charge in [0.15, 0.2) is 11.7 Å². The molecule has 13 heteroatoms. The number of hydrogen-bond donors (Lipinski definition) is 2. The van der Waals surface area contributed by atoms with Crippen molar-refractivity contribution in [1.82, 2.24) is 25.2 Å². The fraction of sp³-hybridized carbons (Fsp3) is 0.0556. The van der Waals surface area contributed by atoms with Crippen molar-refractivity contribution >= 4 is 38.1 Å². The minimum atomic E-state index is -3.75. The highest BCUT2D eigenvalue weighted by Crippen LogP contribution is 2.20. The molecule has 0 spiro atoms. The SMILES string of the molecule is O=C(COc1ccc(-n2cnnn2)cc1)Nc1ccc(S(=O)(=O)Nc2nccs2)cc1. The van der Waals surface area contributed by atoms with Crippen LogP contribution in [0, 0.1) is 0 Å². The van der Waals surface area contributed by atoms with Gasteiger partial charge in [-0.05, 0) is 59.0 Å². The van der Waals surface area contributed by atoms with Gasteiger partial charge >= 0.3 is 0 Å². The van der Waals surface area contributed by atoms with E-state index in [0.29, 0.717) is 11.4 Å². The Balaban J connectivity index is 1.30. The van der Waals surface area contributed by atoms with Gasteiger partial charge in [-0.2, -0.15) is 0 Å². The van der Waals surface area contributed by atoms with Crippen molar-refractivity contribution in [3.8, 4) is 11.4 Å². The quantitative estimate of drug-likeness (QED) is 0.409. The molecule has 0 unspecified atom stereocenters. The van der Waals surface area contributed by atoms with Crippen LogP contribution in [-0.2, 0) is 14.8 Å². The van der Waals surface area contributed by atoms with E-state index in [2.05, 4.69) is 30.5 Å². The average molecular weight is 457 g/mol. The number of carbonyl (C=O) groups is 1. The number of nitrogens with zero attached hydrogens (tertiary/aromatic N) is 5. The number of rotatable bonds is 8. The van der Waals surface area contributed by atoms with E-state index in [1.54, 1.807) is 29.6 Å². The summed E-state index contributed by atoms with van der Waals surface area (Å²) in [7, 11) is -3.75. The van der Waals surface area contributed by atoms with Gasteiger partial charge in [-0.1, -0.05) is 0 Å². The number of hydrogen-bond acceptors (Lipinski definition) is 9. The third-order valence-corrected chi connectivity index (χ3v) is 6.10. The third kappa shape index (κ3) is 5.21. The van der Waals surface area contributed by atoms with Gasteiger partial charge in [0.05, 0.1) is 10.6 Å². The highest BCUT2D eigenvalue weighted by atomic mass is 32.2. The lowest BCUT2D eigenvalue weighted by atomic mass is 10.3. The van der Waals surface area contributed by atoms with Gasteiger partial charge in [-0.25, -0.2) is 18.1 Å². The number of anilines is 2. The zero-order valence-electron chi connectivity index (χ0n) is 15.7. The molecule has 0 radical (unpaired) electrons. The Kier molecular flexibility index (Phi) is 5.86. The largest absolute Gasteiger partial charge is 0.484 e. The van der Waals surface area contributed by atoms with E-state index in [4.69, 9.17) is 4.74 Å². The zero-order valence-corrected chi connectivity index (χ0v) is 17.4. The Morgan fingerprint density at radius 2 is 1.87 bits per heavy atom. The minimum Gasteiger partial charge on any atom is -0.484 e. The molecule has 2 aromatic carbocycles. The van der Waals surface area contributed by atoms with E-state index in [-0.39, 0.29) is 22.5 Å². The smallest absolute Gasteiger partial charge is 0.263 e. The van der Waals surface area contributed by atoms with Crippen molar-refractivity contribution in [2.75, 3.05) is 16.6 Å². The summed E-state index contributed by atoms with van der Waals surface area (Å²) in [6.45, 7) is -0.212. The highest BCUT2D eigenvalue weighted by Gasteiger charge is 2.15. The monoisotopic (exact) mass is 457 g/mol. The molecule has 2 N–H and O–H groups in total. The third-order valence-electron chi connectivity index (χ3n) is 3.92. The average Bonchev–Trinajstić information content (AvgIpc) is 3.47. The summed E-state index contributed by atoms with van der Waals surface area (Å²) < 4.78 is 34.0. The lowest BCUT2D eigenvalue weighted by molar-refractivity contribution is -0.118. The number of amides is 1. The molecule has 0 fully saturated rings. The molecule has 4 aromatic rings. The van der Waals surface area contributed by atoms with Gasteiger partial charge in [-0.3, -0.25) is 9.52 Å². The van der Waals surface area contributed by atoms with Crippen LogP contribution >= 0.6 is 11.3 Å². The molecule has 31 heavy (non-hydrogen) atoms. The van der Waals surface area contributed by atoms with Crippen molar-refractivity contribution in [1.29, 1.82) is 0 Å². The topological polar surface area (TPSA) is 141 Å². The number of sulfonamides is 1. The molecule has 2 aromatic heterocycles. The molecule has 0 aliphatic heterocycles. The summed E-state index contributed by atoms with van der Waals surface area (Å²) in [5, 5.41) is 15.5. The first kappa shape index (κ1) is 20.4. The minimum absolute atomic E-state index is 0.0552. The molecule has 0 saturated heterocycles. The van der Waals surface area contributed by atoms with Gasteiger partial charge < -0.3 is 10.1 Å². The summed E-state index contributed by atoms with van der Waals surface area (Å²) in [6.07, 6.45) is 2.97. The molecule has 2 heterocycles. The van der Waals surface area contributed by atoms with Crippen LogP contribution in [0.3, 0.4) is 0 Å². The molecule has 158 valence electrons. The first-order valence-electron chi connectivity index (χ1n) is 8.78. The first-order valence-corrected chi connectivity index (χ1v) is 11.1. The molecular weight excluding hydrogens is 442 g/mol. The number of nitrogens with one attached hydrogen (secondary N) is 2. The number of aromatic nitrogens is 5. The Bertz CT molecular complexity index is 1240. The lowest BCUT2D eigenvalue weighted by Crippen LogP contribution is -2.20. The second-order valence-corrected chi connectivity index (χ2v) is 8.63. The Labute approximate surface area is 180 Å². The summed E-state index contributed by atoms with van der Waals surface area (Å²) >= 11 is 1.18. The van der Waals surface area contributed by atoms with E-state index in [1.807, 2.05) is 0 Å². The molecule has 0 saturated carbocycles. The lowest BCUT2D eigenvalue weighted by Gasteiger charge is -2.09. The molecule has 0 aliphatic carbocycles. The molecule has 1 amide bonds. The van der Waals surface area contributed by atoms with Gasteiger partial charge in [0.25, 0.3) is 15.9 Å². The van der Waals surface area contributed by atoms with Gasteiger partial charge in [0.1, 0.15) is 12.1 Å². The number of tetrazole rings is 1. The van der Waals surface area contributed by atoms with Crippen molar-refractivity contribution in [2.45, 2.75) is 4.90 Å². The van der Waals surface area contributed by atoms with Crippen molar-refractivity contribution in [2.24, 2.45) is 0 Å². The number of benzene rings is 2. The number of carbonyl (C=O) groups excluding carboxylic acids is 1. The first-order chi connectivity index (χ1) is 15.0. The normalized spacial score (nSPS) is 11.1. The Morgan fingerprint density at radius 3 is 2.52 bits per heavy atom. The van der Waals surface area contributed by atoms with Crippen LogP contribution in [0.15, 0.2) is 71.3 Å². The summed E-state index contributed by atoms with van der Waals surface area (Å²) in [4.78, 5) is 16.1. The maximum atomic E-state index is 12.3. The highest BCUT2D eigenvalue weighted by molar-refractivity contribution is 7.93. The maximum Gasteiger partial charge on any atom is 0.263 e. The van der Waals surface area contributed by atoms with Crippen molar-refractivity contribution in [3.05, 3.63) is 66.4 Å². The molecule has 0 bridgehead atoms. The van der Waals surface area contributed by atoms with E-state index < -0.39 is 10.0 Å². The van der Waals surface area contributed by atoms with Crippen molar-refractivity contribution < 1.29 is 17.9 Å². The molecule has 4 rings (SSSR count).